The van der Waals surface area contributed by atoms with E-state index in [0.29, 0.717) is 13.0 Å². The number of aliphatic hydroxyl groups excluding tert-OH is 1. The van der Waals surface area contributed by atoms with Gasteiger partial charge in [0.2, 0.25) is 6.29 Å². The van der Waals surface area contributed by atoms with Gasteiger partial charge in [-0.05, 0) is 12.1 Å². The predicted molar refractivity (Wildman–Crippen MR) is 116 cm³/mol. The number of benzene rings is 1. The standard InChI is InChI=1S/C23H31NO8/c1-24(14-22(27-2)28-3)23(26)20-12-16(13-21(32-20)30-11-10-29-9-8-25)18-15-31-19-7-5-4-6-17(18)19/h4-7,12,15-16,21-22,25H,8-11,13-14H2,1-3H3/t16-,21+/m1/s1. The van der Waals surface area contributed by atoms with Gasteiger partial charge in [-0.25, -0.2) is 0 Å². The van der Waals surface area contributed by atoms with E-state index >= 15 is 0 Å². The van der Waals surface area contributed by atoms with Gasteiger partial charge in [-0.1, -0.05) is 18.2 Å². The summed E-state index contributed by atoms with van der Waals surface area (Å²) >= 11 is 0. The Bertz CT molecular complexity index is 891. The minimum absolute atomic E-state index is 0.0484. The number of amides is 1. The molecule has 1 amide bonds. The third-order valence-electron chi connectivity index (χ3n) is 5.24. The zero-order chi connectivity index (χ0) is 22.9. The molecule has 32 heavy (non-hydrogen) atoms. The highest BCUT2D eigenvalue weighted by Crippen LogP contribution is 2.36. The van der Waals surface area contributed by atoms with E-state index in [4.69, 9.17) is 33.2 Å². The molecule has 2 heterocycles. The molecule has 1 aliphatic rings. The van der Waals surface area contributed by atoms with Crippen LogP contribution in [0.4, 0.5) is 0 Å². The van der Waals surface area contributed by atoms with E-state index in [2.05, 4.69) is 0 Å². The minimum atomic E-state index is -0.635. The summed E-state index contributed by atoms with van der Waals surface area (Å²) in [5.74, 6) is -0.239. The Hall–Kier alpha value is -2.43. The maximum absolute atomic E-state index is 13.1. The molecular formula is C23H31NO8. The van der Waals surface area contributed by atoms with E-state index in [1.54, 1.807) is 13.3 Å². The number of methoxy groups -OCH3 is 2. The zero-order valence-corrected chi connectivity index (χ0v) is 18.7. The molecular weight excluding hydrogens is 418 g/mol. The fourth-order valence-corrected chi connectivity index (χ4v) is 3.56. The number of likely N-dealkylation sites (N-methyl/N-ethyl adjacent to an activating group) is 1. The molecule has 2 atom stereocenters. The van der Waals surface area contributed by atoms with Crippen molar-refractivity contribution in [3.05, 3.63) is 47.9 Å². The predicted octanol–water partition coefficient (Wildman–Crippen LogP) is 2.25. The number of allylic oxidation sites excluding steroid dienone is 1. The average Bonchev–Trinajstić information content (AvgIpc) is 3.26. The average molecular weight is 450 g/mol. The molecule has 0 bridgehead atoms. The molecule has 0 radical (unpaired) electrons. The van der Waals surface area contributed by atoms with Crippen LogP contribution >= 0.6 is 0 Å². The number of nitrogens with zero attached hydrogens (tertiary/aromatic N) is 1. The van der Waals surface area contributed by atoms with Crippen molar-refractivity contribution in [1.29, 1.82) is 0 Å². The highest BCUT2D eigenvalue weighted by molar-refractivity contribution is 5.92. The Kier molecular flexibility index (Phi) is 9.07. The molecule has 0 saturated heterocycles. The normalized spacial score (nSPS) is 18.6. The smallest absolute Gasteiger partial charge is 0.288 e. The van der Waals surface area contributed by atoms with Crippen LogP contribution in [0.1, 0.15) is 17.9 Å². The van der Waals surface area contributed by atoms with Gasteiger partial charge in [0.1, 0.15) is 5.58 Å². The van der Waals surface area contributed by atoms with E-state index in [1.807, 2.05) is 30.3 Å². The number of fused-ring (bicyclic) bond motifs is 1. The van der Waals surface area contributed by atoms with Crippen LogP contribution in [0.2, 0.25) is 0 Å². The molecule has 1 aromatic carbocycles. The Balaban J connectivity index is 1.78. The van der Waals surface area contributed by atoms with Gasteiger partial charge in [0.25, 0.3) is 5.91 Å². The maximum atomic E-state index is 13.1. The lowest BCUT2D eigenvalue weighted by Crippen LogP contribution is -2.39. The SMILES string of the molecule is COC(CN(C)C(=O)C1=C[C@@H](c2coc3ccccc23)C[C@@H](OCCOCCO)O1)OC. The summed E-state index contributed by atoms with van der Waals surface area (Å²) in [7, 11) is 4.70. The Labute approximate surface area is 187 Å². The molecule has 2 aromatic rings. The van der Waals surface area contributed by atoms with Crippen molar-refractivity contribution in [2.45, 2.75) is 24.9 Å². The molecule has 1 aliphatic heterocycles. The third kappa shape index (κ3) is 6.08. The number of aliphatic hydroxyl groups is 1. The maximum Gasteiger partial charge on any atom is 0.288 e. The summed E-state index contributed by atoms with van der Waals surface area (Å²) in [6.07, 6.45) is 2.87. The van der Waals surface area contributed by atoms with E-state index in [-0.39, 0.29) is 43.9 Å². The van der Waals surface area contributed by atoms with Gasteiger partial charge in [0.05, 0.1) is 39.2 Å². The first kappa shape index (κ1) is 24.2. The van der Waals surface area contributed by atoms with Gasteiger partial charge in [-0.3, -0.25) is 4.79 Å². The highest BCUT2D eigenvalue weighted by Gasteiger charge is 2.32. The summed E-state index contributed by atoms with van der Waals surface area (Å²) in [4.78, 5) is 14.6. The van der Waals surface area contributed by atoms with Crippen LogP contribution in [0, 0.1) is 0 Å². The minimum Gasteiger partial charge on any atom is -0.464 e. The summed E-state index contributed by atoms with van der Waals surface area (Å²) < 4.78 is 33.1. The van der Waals surface area contributed by atoms with Crippen molar-refractivity contribution in [2.24, 2.45) is 0 Å². The second kappa shape index (κ2) is 12.0. The van der Waals surface area contributed by atoms with Crippen LogP contribution in [0.3, 0.4) is 0 Å². The summed E-state index contributed by atoms with van der Waals surface area (Å²) in [5.41, 5.74) is 1.75. The van der Waals surface area contributed by atoms with Crippen molar-refractivity contribution in [1.82, 2.24) is 4.90 Å². The molecule has 176 valence electrons. The van der Waals surface area contributed by atoms with Crippen LogP contribution in [-0.2, 0) is 28.5 Å². The molecule has 1 N–H and O–H groups in total. The van der Waals surface area contributed by atoms with Gasteiger partial charge in [-0.2, -0.15) is 0 Å². The fraction of sp³-hybridized carbons (Fsp3) is 0.522. The molecule has 0 spiro atoms. The third-order valence-corrected chi connectivity index (χ3v) is 5.24. The molecule has 3 rings (SSSR count). The van der Waals surface area contributed by atoms with Gasteiger partial charge >= 0.3 is 0 Å². The number of carbonyl (C=O) groups excluding carboxylic acids is 1. The Morgan fingerprint density at radius 3 is 2.75 bits per heavy atom. The number of ether oxygens (including phenoxy) is 5. The largest absolute Gasteiger partial charge is 0.464 e. The van der Waals surface area contributed by atoms with E-state index in [9.17, 15) is 4.79 Å². The molecule has 1 aromatic heterocycles. The van der Waals surface area contributed by atoms with Crippen LogP contribution in [0.25, 0.3) is 11.0 Å². The lowest BCUT2D eigenvalue weighted by atomic mass is 9.92. The molecule has 9 heteroatoms. The van der Waals surface area contributed by atoms with Crippen molar-refractivity contribution in [3.63, 3.8) is 0 Å². The van der Waals surface area contributed by atoms with Gasteiger partial charge in [-0.15, -0.1) is 0 Å². The number of rotatable bonds is 12. The second-order valence-corrected chi connectivity index (χ2v) is 7.40. The monoisotopic (exact) mass is 449 g/mol. The van der Waals surface area contributed by atoms with Gasteiger partial charge in [0.15, 0.2) is 12.0 Å². The van der Waals surface area contributed by atoms with Crippen LogP contribution in [0.5, 0.6) is 0 Å². The first-order valence-electron chi connectivity index (χ1n) is 10.5. The quantitative estimate of drug-likeness (QED) is 0.389. The van der Waals surface area contributed by atoms with Crippen LogP contribution < -0.4 is 0 Å². The van der Waals surface area contributed by atoms with Crippen molar-refractivity contribution >= 4 is 16.9 Å². The number of hydrogen-bond acceptors (Lipinski definition) is 8. The topological polar surface area (TPSA) is 99.8 Å². The number of carbonyl (C=O) groups is 1. The first-order chi connectivity index (χ1) is 15.6. The molecule has 0 fully saturated rings. The van der Waals surface area contributed by atoms with E-state index in [0.717, 1.165) is 16.5 Å². The number of hydrogen-bond donors (Lipinski definition) is 1. The number of para-hydroxylation sites is 1. The second-order valence-electron chi connectivity index (χ2n) is 7.40. The molecule has 0 unspecified atom stereocenters. The molecule has 0 aliphatic carbocycles. The van der Waals surface area contributed by atoms with Crippen LogP contribution in [0.15, 0.2) is 46.8 Å². The Morgan fingerprint density at radius 2 is 2.00 bits per heavy atom. The van der Waals surface area contributed by atoms with Gasteiger partial charge < -0.3 is 38.1 Å². The van der Waals surface area contributed by atoms with Crippen molar-refractivity contribution in [3.8, 4) is 0 Å². The zero-order valence-electron chi connectivity index (χ0n) is 18.7. The van der Waals surface area contributed by atoms with Crippen LogP contribution in [-0.4, -0.2) is 82.7 Å². The molecule has 0 saturated carbocycles. The van der Waals surface area contributed by atoms with E-state index < -0.39 is 12.6 Å². The Morgan fingerprint density at radius 1 is 1.22 bits per heavy atom. The fourth-order valence-electron chi connectivity index (χ4n) is 3.56. The summed E-state index contributed by atoms with van der Waals surface area (Å²) in [6.45, 7) is 1.03. The van der Waals surface area contributed by atoms with Gasteiger partial charge in [0, 0.05) is 44.6 Å². The van der Waals surface area contributed by atoms with Crippen molar-refractivity contribution < 1.29 is 38.0 Å². The highest BCUT2D eigenvalue weighted by atomic mass is 16.7. The summed E-state index contributed by atoms with van der Waals surface area (Å²) in [6, 6.07) is 7.77. The lowest BCUT2D eigenvalue weighted by molar-refractivity contribution is -0.161. The molecule has 9 nitrogen and oxygen atoms in total. The number of furan rings is 1. The lowest BCUT2D eigenvalue weighted by Gasteiger charge is -2.31. The summed E-state index contributed by atoms with van der Waals surface area (Å²) in [5, 5.41) is 9.81. The van der Waals surface area contributed by atoms with E-state index in [1.165, 1.54) is 19.1 Å². The first-order valence-corrected chi connectivity index (χ1v) is 10.5. The van der Waals surface area contributed by atoms with Crippen molar-refractivity contribution in [2.75, 3.05) is 54.2 Å².